The first-order valence-corrected chi connectivity index (χ1v) is 9.84. The molecule has 0 fully saturated rings. The lowest BCUT2D eigenvalue weighted by atomic mass is 10.00. The van der Waals surface area contributed by atoms with Gasteiger partial charge in [-0.25, -0.2) is 0 Å². The van der Waals surface area contributed by atoms with Crippen molar-refractivity contribution < 1.29 is 23.9 Å². The predicted molar refractivity (Wildman–Crippen MR) is 111 cm³/mol. The average Bonchev–Trinajstić information content (AvgIpc) is 2.78. The summed E-state index contributed by atoms with van der Waals surface area (Å²) in [5.74, 6) is -0.821. The second-order valence-electron chi connectivity index (χ2n) is 7.14. The minimum atomic E-state index is -0.978. The molecule has 2 aliphatic rings. The van der Waals surface area contributed by atoms with Crippen molar-refractivity contribution in [2.45, 2.75) is 18.9 Å². The molecule has 154 valence electrons. The van der Waals surface area contributed by atoms with Gasteiger partial charge in [-0.15, -0.1) is 0 Å². The van der Waals surface area contributed by atoms with E-state index in [0.29, 0.717) is 24.5 Å². The molecule has 2 aromatic carbocycles. The number of ether oxygens (including phenoxy) is 2. The van der Waals surface area contributed by atoms with E-state index >= 15 is 0 Å². The van der Waals surface area contributed by atoms with Crippen molar-refractivity contribution in [3.63, 3.8) is 0 Å². The first-order chi connectivity index (χ1) is 14.6. The van der Waals surface area contributed by atoms with E-state index in [4.69, 9.17) is 9.47 Å². The summed E-state index contributed by atoms with van der Waals surface area (Å²) >= 11 is 0. The van der Waals surface area contributed by atoms with Crippen molar-refractivity contribution in [1.29, 1.82) is 0 Å². The van der Waals surface area contributed by atoms with E-state index in [2.05, 4.69) is 5.32 Å². The fourth-order valence-electron chi connectivity index (χ4n) is 3.48. The van der Waals surface area contributed by atoms with Gasteiger partial charge in [0.15, 0.2) is 12.7 Å². The van der Waals surface area contributed by atoms with Crippen molar-refractivity contribution in [3.8, 4) is 5.75 Å². The van der Waals surface area contributed by atoms with Crippen molar-refractivity contribution in [2.24, 2.45) is 0 Å². The number of hydrogen-bond donors (Lipinski definition) is 1. The first kappa shape index (κ1) is 19.7. The van der Waals surface area contributed by atoms with Crippen LogP contribution in [0.3, 0.4) is 0 Å². The molecule has 0 saturated carbocycles. The third-order valence-corrected chi connectivity index (χ3v) is 5.12. The highest BCUT2D eigenvalue weighted by Gasteiger charge is 2.30. The zero-order chi connectivity index (χ0) is 20.9. The van der Waals surface area contributed by atoms with E-state index in [0.717, 1.165) is 12.0 Å². The second kappa shape index (κ2) is 8.82. The molecule has 1 atom stereocenters. The summed E-state index contributed by atoms with van der Waals surface area (Å²) in [5, 5.41) is 2.70. The van der Waals surface area contributed by atoms with Gasteiger partial charge in [-0.3, -0.25) is 14.4 Å². The third-order valence-electron chi connectivity index (χ3n) is 5.12. The van der Waals surface area contributed by atoms with Crippen molar-refractivity contribution in [1.82, 2.24) is 4.90 Å². The zero-order valence-corrected chi connectivity index (χ0v) is 16.4. The van der Waals surface area contributed by atoms with E-state index < -0.39 is 18.0 Å². The van der Waals surface area contributed by atoms with Crippen LogP contribution in [-0.4, -0.2) is 48.5 Å². The van der Waals surface area contributed by atoms with Gasteiger partial charge in [0.05, 0.1) is 12.1 Å². The normalized spacial score (nSPS) is 17.9. The monoisotopic (exact) mass is 406 g/mol. The molecule has 0 aromatic heterocycles. The van der Waals surface area contributed by atoms with Crippen LogP contribution in [-0.2, 0) is 19.1 Å². The fraction of sp³-hybridized carbons (Fsp3) is 0.261. The number of amides is 2. The second-order valence-corrected chi connectivity index (χ2v) is 7.14. The Hall–Kier alpha value is -3.61. The van der Waals surface area contributed by atoms with Crippen LogP contribution in [0.2, 0.25) is 0 Å². The Bertz CT molecular complexity index is 986. The number of nitrogens with zero attached hydrogens (tertiary/aromatic N) is 1. The van der Waals surface area contributed by atoms with Crippen LogP contribution >= 0.6 is 0 Å². The van der Waals surface area contributed by atoms with E-state index in [9.17, 15) is 14.4 Å². The molecule has 2 aliphatic heterocycles. The summed E-state index contributed by atoms with van der Waals surface area (Å²) in [6.07, 6.45) is 1.54. The van der Waals surface area contributed by atoms with Crippen LogP contribution < -0.4 is 10.1 Å². The summed E-state index contributed by atoms with van der Waals surface area (Å²) in [5.41, 5.74) is 2.93. The molecule has 4 rings (SSSR count). The van der Waals surface area contributed by atoms with Crippen LogP contribution in [0.15, 0.2) is 60.7 Å². The lowest BCUT2D eigenvalue weighted by Gasteiger charge is -2.27. The van der Waals surface area contributed by atoms with Gasteiger partial charge < -0.3 is 19.7 Å². The summed E-state index contributed by atoms with van der Waals surface area (Å²) in [6, 6.07) is 17.0. The SMILES string of the molecule is O=C(C[C@H]1Oc2ccccc2NC1=O)OCC(=O)N1CC=C(c2ccccc2)CC1. The number of esters is 1. The van der Waals surface area contributed by atoms with Crippen molar-refractivity contribution in [2.75, 3.05) is 25.0 Å². The Labute approximate surface area is 174 Å². The third kappa shape index (κ3) is 4.51. The number of fused-ring (bicyclic) bond motifs is 1. The van der Waals surface area contributed by atoms with Gasteiger partial charge >= 0.3 is 5.97 Å². The average molecular weight is 406 g/mol. The quantitative estimate of drug-likeness (QED) is 0.772. The smallest absolute Gasteiger partial charge is 0.310 e. The highest BCUT2D eigenvalue weighted by atomic mass is 16.5. The van der Waals surface area contributed by atoms with Crippen LogP contribution in [0.5, 0.6) is 5.75 Å². The van der Waals surface area contributed by atoms with Gasteiger partial charge in [0.25, 0.3) is 11.8 Å². The lowest BCUT2D eigenvalue weighted by Crippen LogP contribution is -2.40. The minimum Gasteiger partial charge on any atom is -0.478 e. The molecule has 0 spiro atoms. The predicted octanol–water partition coefficient (Wildman–Crippen LogP) is 2.64. The molecular formula is C23H22N2O5. The Morgan fingerprint density at radius 3 is 2.63 bits per heavy atom. The lowest BCUT2D eigenvalue weighted by molar-refractivity contribution is -0.154. The molecule has 2 aromatic rings. The first-order valence-electron chi connectivity index (χ1n) is 9.84. The van der Waals surface area contributed by atoms with Gasteiger partial charge in [0.2, 0.25) is 0 Å². The Morgan fingerprint density at radius 1 is 1.10 bits per heavy atom. The topological polar surface area (TPSA) is 84.9 Å². The fourth-order valence-corrected chi connectivity index (χ4v) is 3.48. The number of para-hydroxylation sites is 2. The maximum absolute atomic E-state index is 12.4. The van der Waals surface area contributed by atoms with E-state index in [1.54, 1.807) is 29.2 Å². The highest BCUT2D eigenvalue weighted by molar-refractivity contribution is 5.99. The molecular weight excluding hydrogens is 384 g/mol. The molecule has 2 heterocycles. The molecule has 0 unspecified atom stereocenters. The van der Waals surface area contributed by atoms with Crippen LogP contribution in [0, 0.1) is 0 Å². The summed E-state index contributed by atoms with van der Waals surface area (Å²) in [7, 11) is 0. The number of hydrogen-bond acceptors (Lipinski definition) is 5. The summed E-state index contributed by atoms with van der Waals surface area (Å²) < 4.78 is 10.7. The summed E-state index contributed by atoms with van der Waals surface area (Å²) in [6.45, 7) is 0.700. The minimum absolute atomic E-state index is 0.258. The molecule has 7 heteroatoms. The van der Waals surface area contributed by atoms with Crippen molar-refractivity contribution in [3.05, 3.63) is 66.2 Å². The maximum atomic E-state index is 12.4. The number of rotatable bonds is 5. The van der Waals surface area contributed by atoms with E-state index in [-0.39, 0.29) is 18.9 Å². The molecule has 0 aliphatic carbocycles. The van der Waals surface area contributed by atoms with Gasteiger partial charge in [-0.2, -0.15) is 0 Å². The van der Waals surface area contributed by atoms with Crippen molar-refractivity contribution >= 4 is 29.0 Å². The molecule has 7 nitrogen and oxygen atoms in total. The van der Waals surface area contributed by atoms with Crippen LogP contribution in [0.4, 0.5) is 5.69 Å². The van der Waals surface area contributed by atoms with Gasteiger partial charge in [0.1, 0.15) is 5.75 Å². The molecule has 0 radical (unpaired) electrons. The standard InChI is InChI=1S/C23H22N2O5/c26-21(25-12-10-17(11-13-25)16-6-2-1-3-7-16)15-29-22(27)14-20-23(28)24-18-8-4-5-9-19(18)30-20/h1-10,20H,11-15H2,(H,24,28)/t20-/m1/s1. The number of carbonyl (C=O) groups is 3. The Balaban J connectivity index is 1.25. The number of carbonyl (C=O) groups excluding carboxylic acids is 3. The molecule has 30 heavy (non-hydrogen) atoms. The molecule has 0 saturated heterocycles. The zero-order valence-electron chi connectivity index (χ0n) is 16.4. The Kier molecular flexibility index (Phi) is 5.79. The number of nitrogens with one attached hydrogen (secondary N) is 1. The van der Waals surface area contributed by atoms with E-state index in [1.165, 1.54) is 5.57 Å². The number of anilines is 1. The molecule has 2 amide bonds. The maximum Gasteiger partial charge on any atom is 0.310 e. The Morgan fingerprint density at radius 2 is 1.87 bits per heavy atom. The van der Waals surface area contributed by atoms with Crippen LogP contribution in [0.25, 0.3) is 5.57 Å². The van der Waals surface area contributed by atoms with Gasteiger partial charge in [-0.1, -0.05) is 48.5 Å². The van der Waals surface area contributed by atoms with Crippen LogP contribution in [0.1, 0.15) is 18.4 Å². The van der Waals surface area contributed by atoms with Gasteiger partial charge in [0, 0.05) is 13.1 Å². The largest absolute Gasteiger partial charge is 0.478 e. The molecule has 1 N–H and O–H groups in total. The highest BCUT2D eigenvalue weighted by Crippen LogP contribution is 2.29. The van der Waals surface area contributed by atoms with Gasteiger partial charge in [-0.05, 0) is 29.7 Å². The summed E-state index contributed by atoms with van der Waals surface area (Å²) in [4.78, 5) is 38.3. The van der Waals surface area contributed by atoms with E-state index in [1.807, 2.05) is 36.4 Å². The molecule has 0 bridgehead atoms. The number of benzene rings is 2.